The first-order chi connectivity index (χ1) is 14.5. The number of anilines is 1. The molecule has 2 aromatic carbocycles. The Labute approximate surface area is 182 Å². The van der Waals surface area contributed by atoms with E-state index in [2.05, 4.69) is 22.8 Å². The lowest BCUT2D eigenvalue weighted by Gasteiger charge is -2.37. The number of benzene rings is 2. The van der Waals surface area contributed by atoms with Crippen molar-refractivity contribution in [3.8, 4) is 5.75 Å². The first-order valence-corrected chi connectivity index (χ1v) is 11.8. The Morgan fingerprint density at radius 1 is 1.16 bits per heavy atom. The van der Waals surface area contributed by atoms with Crippen molar-refractivity contribution in [2.24, 2.45) is 11.1 Å². The molecule has 2 aliphatic rings. The predicted octanol–water partition coefficient (Wildman–Crippen LogP) is 4.05. The standard InChI is InChI=1S/C23H27N3O4S/c1-23(2,3)26-22(27)30-15-9-7-14(8-10-15)21-18-6-4-5-17(18)19-13-16(31(24,28)29)11-12-20(19)25-21/h4-5,7-13,17-18,21,25H,6H2,1-3H3,(H,26,27)(H2,24,28,29)/t17-,18+,21+/m0/s1. The number of nitrogens with one attached hydrogen (secondary N) is 2. The summed E-state index contributed by atoms with van der Waals surface area (Å²) in [6.45, 7) is 5.67. The summed E-state index contributed by atoms with van der Waals surface area (Å²) >= 11 is 0. The van der Waals surface area contributed by atoms with Crippen LogP contribution in [0.2, 0.25) is 0 Å². The molecule has 0 spiro atoms. The highest BCUT2D eigenvalue weighted by Crippen LogP contribution is 2.50. The van der Waals surface area contributed by atoms with Gasteiger partial charge >= 0.3 is 6.09 Å². The highest BCUT2D eigenvalue weighted by Gasteiger charge is 2.38. The van der Waals surface area contributed by atoms with Crippen molar-refractivity contribution in [3.05, 3.63) is 65.7 Å². The molecule has 2 aromatic rings. The largest absolute Gasteiger partial charge is 0.413 e. The molecular formula is C23H27N3O4S. The molecule has 0 aromatic heterocycles. The van der Waals surface area contributed by atoms with E-state index in [-0.39, 0.29) is 28.3 Å². The Bertz CT molecular complexity index is 1130. The molecule has 0 saturated carbocycles. The van der Waals surface area contributed by atoms with Crippen molar-refractivity contribution >= 4 is 21.8 Å². The van der Waals surface area contributed by atoms with Crippen LogP contribution in [-0.2, 0) is 10.0 Å². The molecule has 164 valence electrons. The van der Waals surface area contributed by atoms with E-state index in [4.69, 9.17) is 9.88 Å². The number of carbonyl (C=O) groups excluding carboxylic acids is 1. The number of carbonyl (C=O) groups is 1. The van der Waals surface area contributed by atoms with Gasteiger partial charge < -0.3 is 15.4 Å². The van der Waals surface area contributed by atoms with Gasteiger partial charge in [-0.1, -0.05) is 24.3 Å². The lowest BCUT2D eigenvalue weighted by atomic mass is 9.77. The number of hydrogen-bond donors (Lipinski definition) is 3. The van der Waals surface area contributed by atoms with Gasteiger partial charge in [0.25, 0.3) is 0 Å². The second-order valence-corrected chi connectivity index (χ2v) is 10.7. The van der Waals surface area contributed by atoms with Crippen LogP contribution in [-0.4, -0.2) is 20.0 Å². The quantitative estimate of drug-likeness (QED) is 0.623. The van der Waals surface area contributed by atoms with Gasteiger partial charge in [-0.25, -0.2) is 18.4 Å². The molecule has 8 heteroatoms. The first-order valence-electron chi connectivity index (χ1n) is 10.2. The van der Waals surface area contributed by atoms with Gasteiger partial charge in [-0.2, -0.15) is 0 Å². The Kier molecular flexibility index (Phi) is 5.31. The molecule has 0 unspecified atom stereocenters. The van der Waals surface area contributed by atoms with E-state index in [9.17, 15) is 13.2 Å². The fourth-order valence-corrected chi connectivity index (χ4v) is 4.81. The van der Waals surface area contributed by atoms with E-state index in [0.29, 0.717) is 5.75 Å². The van der Waals surface area contributed by atoms with E-state index in [1.54, 1.807) is 24.3 Å². The maximum absolute atomic E-state index is 12.0. The highest BCUT2D eigenvalue weighted by atomic mass is 32.2. The van der Waals surface area contributed by atoms with Crippen LogP contribution < -0.4 is 20.5 Å². The van der Waals surface area contributed by atoms with Crippen molar-refractivity contribution in [2.75, 3.05) is 5.32 Å². The van der Waals surface area contributed by atoms with Gasteiger partial charge in [0.1, 0.15) is 5.75 Å². The molecule has 0 fully saturated rings. The highest BCUT2D eigenvalue weighted by molar-refractivity contribution is 7.89. The minimum absolute atomic E-state index is 0.0466. The van der Waals surface area contributed by atoms with Gasteiger partial charge in [-0.15, -0.1) is 0 Å². The number of amides is 1. The molecule has 0 radical (unpaired) electrons. The third-order valence-electron chi connectivity index (χ3n) is 5.59. The van der Waals surface area contributed by atoms with Crippen molar-refractivity contribution in [3.63, 3.8) is 0 Å². The van der Waals surface area contributed by atoms with E-state index in [1.165, 1.54) is 6.07 Å². The van der Waals surface area contributed by atoms with Gasteiger partial charge in [0.15, 0.2) is 0 Å². The summed E-state index contributed by atoms with van der Waals surface area (Å²) in [5.41, 5.74) is 2.54. The summed E-state index contributed by atoms with van der Waals surface area (Å²) in [6.07, 6.45) is 4.67. The second-order valence-electron chi connectivity index (χ2n) is 9.10. The van der Waals surface area contributed by atoms with Gasteiger partial charge in [-0.3, -0.25) is 0 Å². The molecule has 3 atom stereocenters. The van der Waals surface area contributed by atoms with Crippen molar-refractivity contribution in [1.82, 2.24) is 5.32 Å². The molecule has 0 saturated heterocycles. The number of fused-ring (bicyclic) bond motifs is 3. The Morgan fingerprint density at radius 3 is 2.52 bits per heavy atom. The first kappa shape index (κ1) is 21.4. The average molecular weight is 442 g/mol. The van der Waals surface area contributed by atoms with E-state index in [0.717, 1.165) is 23.2 Å². The molecule has 1 amide bonds. The number of nitrogens with two attached hydrogens (primary N) is 1. The Balaban J connectivity index is 1.57. The minimum atomic E-state index is -3.76. The molecular weight excluding hydrogens is 414 g/mol. The fraction of sp³-hybridized carbons (Fsp3) is 0.348. The van der Waals surface area contributed by atoms with Gasteiger partial charge in [0, 0.05) is 17.1 Å². The normalized spacial score (nSPS) is 22.3. The number of sulfonamides is 1. The smallest absolute Gasteiger partial charge is 0.410 e. The summed E-state index contributed by atoms with van der Waals surface area (Å²) in [4.78, 5) is 12.1. The van der Waals surface area contributed by atoms with E-state index < -0.39 is 16.1 Å². The van der Waals surface area contributed by atoms with Crippen LogP contribution in [0.3, 0.4) is 0 Å². The molecule has 1 aliphatic carbocycles. The van der Waals surface area contributed by atoms with Gasteiger partial charge in [0.2, 0.25) is 10.0 Å². The molecule has 4 rings (SSSR count). The average Bonchev–Trinajstić information content (AvgIpc) is 3.15. The Hall–Kier alpha value is -2.84. The zero-order valence-electron chi connectivity index (χ0n) is 17.8. The van der Waals surface area contributed by atoms with Crippen LogP contribution in [0, 0.1) is 5.92 Å². The van der Waals surface area contributed by atoms with Crippen LogP contribution in [0.5, 0.6) is 5.75 Å². The number of hydrogen-bond acceptors (Lipinski definition) is 5. The van der Waals surface area contributed by atoms with Gasteiger partial charge in [0.05, 0.1) is 10.9 Å². The zero-order chi connectivity index (χ0) is 22.4. The fourth-order valence-electron chi connectivity index (χ4n) is 4.26. The lowest BCUT2D eigenvalue weighted by Crippen LogP contribution is -2.42. The van der Waals surface area contributed by atoms with Crippen LogP contribution in [0.15, 0.2) is 59.5 Å². The number of ether oxygens (including phenoxy) is 1. The molecule has 1 aliphatic heterocycles. The van der Waals surface area contributed by atoms with E-state index in [1.807, 2.05) is 32.9 Å². The summed E-state index contributed by atoms with van der Waals surface area (Å²) in [6, 6.07) is 12.5. The minimum Gasteiger partial charge on any atom is -0.410 e. The van der Waals surface area contributed by atoms with Crippen LogP contribution >= 0.6 is 0 Å². The van der Waals surface area contributed by atoms with E-state index >= 15 is 0 Å². The maximum atomic E-state index is 12.0. The second kappa shape index (κ2) is 7.69. The van der Waals surface area contributed by atoms with Crippen LogP contribution in [0.1, 0.15) is 50.3 Å². The number of rotatable bonds is 3. The summed E-state index contributed by atoms with van der Waals surface area (Å²) in [5.74, 6) is 0.830. The van der Waals surface area contributed by atoms with Crippen molar-refractivity contribution < 1.29 is 17.9 Å². The zero-order valence-corrected chi connectivity index (χ0v) is 18.6. The lowest BCUT2D eigenvalue weighted by molar-refractivity contribution is 0.190. The molecule has 31 heavy (non-hydrogen) atoms. The molecule has 4 N–H and O–H groups in total. The van der Waals surface area contributed by atoms with Gasteiger partial charge in [-0.05, 0) is 74.6 Å². The third kappa shape index (κ3) is 4.60. The van der Waals surface area contributed by atoms with Crippen LogP contribution in [0.25, 0.3) is 0 Å². The number of allylic oxidation sites excluding steroid dienone is 2. The van der Waals surface area contributed by atoms with Crippen LogP contribution in [0.4, 0.5) is 10.5 Å². The summed E-state index contributed by atoms with van der Waals surface area (Å²) in [7, 11) is -3.76. The molecule has 1 heterocycles. The molecule has 0 bridgehead atoms. The Morgan fingerprint density at radius 2 is 1.87 bits per heavy atom. The molecule has 7 nitrogen and oxygen atoms in total. The van der Waals surface area contributed by atoms with Crippen molar-refractivity contribution in [2.45, 2.75) is 49.6 Å². The SMILES string of the molecule is CC(C)(C)NC(=O)Oc1ccc([C@H]2Nc3ccc(S(N)(=O)=O)cc3[C@H]3C=CC[C@H]32)cc1. The summed E-state index contributed by atoms with van der Waals surface area (Å²) in [5, 5.41) is 11.6. The topological polar surface area (TPSA) is 111 Å². The monoisotopic (exact) mass is 441 g/mol. The third-order valence-corrected chi connectivity index (χ3v) is 6.50. The summed E-state index contributed by atoms with van der Waals surface area (Å²) < 4.78 is 28.9. The maximum Gasteiger partial charge on any atom is 0.413 e. The number of primary sulfonamides is 1. The predicted molar refractivity (Wildman–Crippen MR) is 120 cm³/mol. The van der Waals surface area contributed by atoms with Crippen molar-refractivity contribution in [1.29, 1.82) is 0 Å².